The van der Waals surface area contributed by atoms with Crippen molar-refractivity contribution >= 4 is 11.5 Å². The minimum absolute atomic E-state index is 0.194. The third-order valence-corrected chi connectivity index (χ3v) is 3.66. The van der Waals surface area contributed by atoms with Gasteiger partial charge in [-0.25, -0.2) is 9.37 Å². The van der Waals surface area contributed by atoms with E-state index in [1.165, 1.54) is 6.07 Å². The van der Waals surface area contributed by atoms with E-state index in [-0.39, 0.29) is 5.82 Å². The Hall–Kier alpha value is -2.10. The first-order valence-corrected chi connectivity index (χ1v) is 6.99. The highest BCUT2D eigenvalue weighted by molar-refractivity contribution is 5.45. The van der Waals surface area contributed by atoms with Crippen LogP contribution in [0.2, 0.25) is 0 Å². The molecule has 1 aliphatic rings. The number of nitrogens with zero attached hydrogens (tertiary/aromatic N) is 2. The van der Waals surface area contributed by atoms with Crippen LogP contribution < -0.4 is 10.2 Å². The molecule has 3 rings (SSSR count). The number of halogens is 1. The number of hydrogen-bond acceptors (Lipinski definition) is 3. The van der Waals surface area contributed by atoms with Crippen LogP contribution >= 0.6 is 0 Å². The van der Waals surface area contributed by atoms with Gasteiger partial charge in [0.05, 0.1) is 0 Å². The van der Waals surface area contributed by atoms with E-state index in [1.54, 1.807) is 12.1 Å². The molecule has 1 saturated heterocycles. The van der Waals surface area contributed by atoms with Crippen molar-refractivity contribution < 1.29 is 4.39 Å². The Kier molecular flexibility index (Phi) is 3.81. The topological polar surface area (TPSA) is 28.2 Å². The summed E-state index contributed by atoms with van der Waals surface area (Å²) < 4.78 is 13.1. The van der Waals surface area contributed by atoms with Crippen LogP contribution in [0.25, 0.3) is 0 Å². The van der Waals surface area contributed by atoms with Gasteiger partial charge in [0, 0.05) is 31.0 Å². The molecule has 0 radical (unpaired) electrons. The Morgan fingerprint density at radius 1 is 1.10 bits per heavy atom. The summed E-state index contributed by atoms with van der Waals surface area (Å²) in [6.45, 7) is 1.95. The molecule has 0 amide bonds. The summed E-state index contributed by atoms with van der Waals surface area (Å²) >= 11 is 0. The van der Waals surface area contributed by atoms with Crippen molar-refractivity contribution in [3.05, 3.63) is 54.5 Å². The molecule has 104 valence electrons. The van der Waals surface area contributed by atoms with Crippen molar-refractivity contribution in [3.63, 3.8) is 0 Å². The zero-order chi connectivity index (χ0) is 13.8. The number of pyridine rings is 1. The van der Waals surface area contributed by atoms with Crippen molar-refractivity contribution in [2.75, 3.05) is 23.3 Å². The minimum atomic E-state index is -0.194. The van der Waals surface area contributed by atoms with E-state index in [0.29, 0.717) is 6.04 Å². The van der Waals surface area contributed by atoms with E-state index >= 15 is 0 Å². The molecule has 0 unspecified atom stereocenters. The van der Waals surface area contributed by atoms with Gasteiger partial charge in [-0.05, 0) is 43.2 Å². The number of aromatic nitrogens is 1. The molecular formula is C16H18FN3. The Bertz CT molecular complexity index is 551. The molecule has 1 aromatic heterocycles. The van der Waals surface area contributed by atoms with E-state index < -0.39 is 0 Å². The first-order chi connectivity index (χ1) is 9.81. The molecule has 4 heteroatoms. The maximum atomic E-state index is 13.1. The van der Waals surface area contributed by atoms with Gasteiger partial charge in [-0.1, -0.05) is 12.1 Å². The predicted octanol–water partition coefficient (Wildman–Crippen LogP) is 3.30. The van der Waals surface area contributed by atoms with Crippen molar-refractivity contribution in [2.45, 2.75) is 18.9 Å². The molecule has 1 N–H and O–H groups in total. The average Bonchev–Trinajstić information content (AvgIpc) is 2.49. The smallest absolute Gasteiger partial charge is 0.128 e. The molecule has 1 fully saturated rings. The summed E-state index contributed by atoms with van der Waals surface area (Å²) in [7, 11) is 0. The van der Waals surface area contributed by atoms with Gasteiger partial charge in [-0.3, -0.25) is 0 Å². The van der Waals surface area contributed by atoms with Crippen LogP contribution in [-0.2, 0) is 0 Å². The van der Waals surface area contributed by atoms with Gasteiger partial charge in [0.15, 0.2) is 0 Å². The number of benzene rings is 1. The lowest BCUT2D eigenvalue weighted by Crippen LogP contribution is -2.39. The van der Waals surface area contributed by atoms with Crippen molar-refractivity contribution in [1.82, 2.24) is 4.98 Å². The number of anilines is 2. The van der Waals surface area contributed by atoms with Gasteiger partial charge in [0.1, 0.15) is 11.6 Å². The lowest BCUT2D eigenvalue weighted by atomic mass is 10.0. The predicted molar refractivity (Wildman–Crippen MR) is 79.5 cm³/mol. The highest BCUT2D eigenvalue weighted by Gasteiger charge is 2.19. The first-order valence-electron chi connectivity index (χ1n) is 6.99. The standard InChI is InChI=1S/C16H18FN3/c17-13-4-3-5-15(12-13)19-14-7-10-20(11-8-14)16-6-1-2-9-18-16/h1-6,9,12,14,19H,7-8,10-11H2. The Labute approximate surface area is 118 Å². The minimum Gasteiger partial charge on any atom is -0.382 e. The average molecular weight is 271 g/mol. The Balaban J connectivity index is 1.56. The summed E-state index contributed by atoms with van der Waals surface area (Å²) in [5, 5.41) is 3.41. The van der Waals surface area contributed by atoms with Gasteiger partial charge >= 0.3 is 0 Å². The zero-order valence-electron chi connectivity index (χ0n) is 11.3. The second-order valence-corrected chi connectivity index (χ2v) is 5.10. The summed E-state index contributed by atoms with van der Waals surface area (Å²) in [6, 6.07) is 13.0. The van der Waals surface area contributed by atoms with E-state index in [1.807, 2.05) is 30.5 Å². The molecule has 2 heterocycles. The van der Waals surface area contributed by atoms with Crippen LogP contribution in [0, 0.1) is 5.82 Å². The molecule has 0 spiro atoms. The fourth-order valence-electron chi connectivity index (χ4n) is 2.61. The van der Waals surface area contributed by atoms with Crippen LogP contribution in [-0.4, -0.2) is 24.1 Å². The fourth-order valence-corrected chi connectivity index (χ4v) is 2.61. The molecule has 2 aromatic rings. The quantitative estimate of drug-likeness (QED) is 0.928. The largest absolute Gasteiger partial charge is 0.382 e. The fraction of sp³-hybridized carbons (Fsp3) is 0.312. The monoisotopic (exact) mass is 271 g/mol. The molecule has 0 aliphatic carbocycles. The second kappa shape index (κ2) is 5.90. The molecule has 1 aliphatic heterocycles. The maximum absolute atomic E-state index is 13.1. The van der Waals surface area contributed by atoms with Crippen molar-refractivity contribution in [2.24, 2.45) is 0 Å². The van der Waals surface area contributed by atoms with Gasteiger partial charge < -0.3 is 10.2 Å². The summed E-state index contributed by atoms with van der Waals surface area (Å²) in [4.78, 5) is 6.67. The SMILES string of the molecule is Fc1cccc(NC2CCN(c3ccccn3)CC2)c1. The second-order valence-electron chi connectivity index (χ2n) is 5.10. The molecule has 0 bridgehead atoms. The Morgan fingerprint density at radius 3 is 2.65 bits per heavy atom. The van der Waals surface area contributed by atoms with E-state index in [4.69, 9.17) is 0 Å². The van der Waals surface area contributed by atoms with E-state index in [2.05, 4.69) is 15.2 Å². The number of hydrogen-bond donors (Lipinski definition) is 1. The van der Waals surface area contributed by atoms with Crippen molar-refractivity contribution in [3.8, 4) is 0 Å². The highest BCUT2D eigenvalue weighted by Crippen LogP contribution is 2.20. The van der Waals surface area contributed by atoms with Crippen LogP contribution in [0.15, 0.2) is 48.7 Å². The zero-order valence-corrected chi connectivity index (χ0v) is 11.3. The van der Waals surface area contributed by atoms with Gasteiger partial charge in [-0.2, -0.15) is 0 Å². The number of nitrogens with one attached hydrogen (secondary N) is 1. The van der Waals surface area contributed by atoms with Gasteiger partial charge in [0.2, 0.25) is 0 Å². The maximum Gasteiger partial charge on any atom is 0.128 e. The van der Waals surface area contributed by atoms with Crippen LogP contribution in [0.4, 0.5) is 15.9 Å². The van der Waals surface area contributed by atoms with Crippen molar-refractivity contribution in [1.29, 1.82) is 0 Å². The molecule has 1 aromatic carbocycles. The molecule has 20 heavy (non-hydrogen) atoms. The lowest BCUT2D eigenvalue weighted by Gasteiger charge is -2.33. The normalized spacial score (nSPS) is 16.1. The molecular weight excluding hydrogens is 253 g/mol. The van der Waals surface area contributed by atoms with E-state index in [9.17, 15) is 4.39 Å². The number of rotatable bonds is 3. The Morgan fingerprint density at radius 2 is 1.95 bits per heavy atom. The number of piperidine rings is 1. The molecule has 3 nitrogen and oxygen atoms in total. The lowest BCUT2D eigenvalue weighted by molar-refractivity contribution is 0.523. The van der Waals surface area contributed by atoms with Crippen LogP contribution in [0.3, 0.4) is 0 Å². The van der Waals surface area contributed by atoms with E-state index in [0.717, 1.165) is 37.4 Å². The summed E-state index contributed by atoms with van der Waals surface area (Å²) in [5.41, 5.74) is 0.862. The third-order valence-electron chi connectivity index (χ3n) is 3.66. The van der Waals surface area contributed by atoms with Gasteiger partial charge in [-0.15, -0.1) is 0 Å². The van der Waals surface area contributed by atoms with Gasteiger partial charge in [0.25, 0.3) is 0 Å². The first kappa shape index (κ1) is 12.9. The third kappa shape index (κ3) is 3.07. The summed E-state index contributed by atoms with van der Waals surface area (Å²) in [6.07, 6.45) is 3.90. The summed E-state index contributed by atoms with van der Waals surface area (Å²) in [5.74, 6) is 0.845. The molecule has 0 atom stereocenters. The molecule has 0 saturated carbocycles. The van der Waals surface area contributed by atoms with Crippen LogP contribution in [0.5, 0.6) is 0 Å². The highest BCUT2D eigenvalue weighted by atomic mass is 19.1. The van der Waals surface area contributed by atoms with Crippen LogP contribution in [0.1, 0.15) is 12.8 Å².